The molecular weight excluding hydrogens is 168 g/mol. The van der Waals surface area contributed by atoms with Gasteiger partial charge in [0.2, 0.25) is 0 Å². The predicted octanol–water partition coefficient (Wildman–Crippen LogP) is 0.940. The number of aromatic amines is 1. The van der Waals surface area contributed by atoms with E-state index in [1.807, 2.05) is 0 Å². The molecule has 0 saturated heterocycles. The second-order valence-electron chi connectivity index (χ2n) is 3.40. The molecule has 1 heterocycles. The van der Waals surface area contributed by atoms with Gasteiger partial charge in [0.15, 0.2) is 0 Å². The first-order valence-corrected chi connectivity index (χ1v) is 4.32. The summed E-state index contributed by atoms with van der Waals surface area (Å²) in [6.45, 7) is 2.11. The fraction of sp³-hybridized carbons (Fsp3) is 0.500. The van der Waals surface area contributed by atoms with Crippen LogP contribution < -0.4 is 10.6 Å². The highest BCUT2D eigenvalue weighted by molar-refractivity contribution is 5.89. The lowest BCUT2D eigenvalue weighted by Crippen LogP contribution is -2.31. The van der Waals surface area contributed by atoms with Crippen LogP contribution in [0.1, 0.15) is 13.3 Å². The lowest BCUT2D eigenvalue weighted by molar-refractivity contribution is 0.251. The predicted molar refractivity (Wildman–Crippen MR) is 48.3 cm³/mol. The van der Waals surface area contributed by atoms with Crippen molar-refractivity contribution in [3.63, 3.8) is 0 Å². The van der Waals surface area contributed by atoms with E-state index in [0.29, 0.717) is 17.6 Å². The standard InChI is InChI=1S/C8H12N4O/c1-5-2-7(5)12-8(13)11-6-3-9-10-4-6/h3-5,7H,2H2,1H3,(H,9,10)(H2,11,12,13)/t5-,7-/m1/s1. The minimum atomic E-state index is -0.157. The Morgan fingerprint density at radius 3 is 3.08 bits per heavy atom. The topological polar surface area (TPSA) is 69.8 Å². The largest absolute Gasteiger partial charge is 0.335 e. The molecule has 13 heavy (non-hydrogen) atoms. The molecule has 2 amide bonds. The van der Waals surface area contributed by atoms with Crippen molar-refractivity contribution >= 4 is 11.7 Å². The van der Waals surface area contributed by atoms with Crippen LogP contribution in [0.5, 0.6) is 0 Å². The van der Waals surface area contributed by atoms with Gasteiger partial charge in [0.25, 0.3) is 0 Å². The second kappa shape index (κ2) is 3.08. The molecule has 1 aliphatic carbocycles. The molecule has 3 N–H and O–H groups in total. The zero-order chi connectivity index (χ0) is 9.26. The van der Waals surface area contributed by atoms with E-state index in [4.69, 9.17) is 0 Å². The molecule has 1 fully saturated rings. The highest BCUT2D eigenvalue weighted by Gasteiger charge is 2.33. The van der Waals surface area contributed by atoms with E-state index in [0.717, 1.165) is 6.42 Å². The number of amides is 2. The zero-order valence-corrected chi connectivity index (χ0v) is 7.37. The van der Waals surface area contributed by atoms with Gasteiger partial charge >= 0.3 is 6.03 Å². The number of aromatic nitrogens is 2. The van der Waals surface area contributed by atoms with E-state index in [-0.39, 0.29) is 6.03 Å². The van der Waals surface area contributed by atoms with E-state index in [1.54, 1.807) is 12.4 Å². The second-order valence-corrected chi connectivity index (χ2v) is 3.40. The fourth-order valence-electron chi connectivity index (χ4n) is 1.18. The molecule has 0 unspecified atom stereocenters. The highest BCUT2D eigenvalue weighted by Crippen LogP contribution is 2.28. The number of hydrogen-bond donors (Lipinski definition) is 3. The van der Waals surface area contributed by atoms with Gasteiger partial charge in [0.05, 0.1) is 11.9 Å². The first-order chi connectivity index (χ1) is 6.25. The molecule has 1 aliphatic rings. The minimum absolute atomic E-state index is 0.157. The third-order valence-electron chi connectivity index (χ3n) is 2.18. The van der Waals surface area contributed by atoms with Gasteiger partial charge in [-0.2, -0.15) is 5.10 Å². The van der Waals surface area contributed by atoms with Crippen molar-refractivity contribution in [1.29, 1.82) is 0 Å². The summed E-state index contributed by atoms with van der Waals surface area (Å²) in [5.41, 5.74) is 0.686. The Balaban J connectivity index is 1.79. The Bertz CT molecular complexity index is 295. The summed E-state index contributed by atoms with van der Waals surface area (Å²) < 4.78 is 0. The molecule has 0 aliphatic heterocycles. The summed E-state index contributed by atoms with van der Waals surface area (Å²) in [6, 6.07) is 0.197. The van der Waals surface area contributed by atoms with Crippen molar-refractivity contribution in [3.8, 4) is 0 Å². The van der Waals surface area contributed by atoms with Crippen LogP contribution in [0.3, 0.4) is 0 Å². The number of rotatable bonds is 2. The van der Waals surface area contributed by atoms with Crippen LogP contribution in [0.4, 0.5) is 10.5 Å². The quantitative estimate of drug-likeness (QED) is 0.634. The number of hydrogen-bond acceptors (Lipinski definition) is 2. The number of H-pyrrole nitrogens is 1. The summed E-state index contributed by atoms with van der Waals surface area (Å²) in [7, 11) is 0. The third-order valence-corrected chi connectivity index (χ3v) is 2.18. The average molecular weight is 180 g/mol. The van der Waals surface area contributed by atoms with Crippen LogP contribution in [0.15, 0.2) is 12.4 Å². The number of carbonyl (C=O) groups is 1. The van der Waals surface area contributed by atoms with Crippen molar-refractivity contribution in [2.75, 3.05) is 5.32 Å². The molecule has 0 spiro atoms. The fourth-order valence-corrected chi connectivity index (χ4v) is 1.18. The maximum absolute atomic E-state index is 11.2. The van der Waals surface area contributed by atoms with Crippen LogP contribution in [0, 0.1) is 5.92 Å². The summed E-state index contributed by atoms with van der Waals surface area (Å²) in [5.74, 6) is 0.620. The maximum Gasteiger partial charge on any atom is 0.319 e. The molecule has 1 aromatic rings. The first kappa shape index (κ1) is 8.10. The van der Waals surface area contributed by atoms with Crippen molar-refractivity contribution in [1.82, 2.24) is 15.5 Å². The van der Waals surface area contributed by atoms with Crippen LogP contribution in [-0.4, -0.2) is 22.3 Å². The molecule has 0 aromatic carbocycles. The molecule has 0 radical (unpaired) electrons. The van der Waals surface area contributed by atoms with Crippen molar-refractivity contribution in [2.45, 2.75) is 19.4 Å². The summed E-state index contributed by atoms with van der Waals surface area (Å²) in [4.78, 5) is 11.2. The van der Waals surface area contributed by atoms with Crippen molar-refractivity contribution < 1.29 is 4.79 Å². The smallest absolute Gasteiger partial charge is 0.319 e. The van der Waals surface area contributed by atoms with Crippen LogP contribution in [0.2, 0.25) is 0 Å². The number of nitrogens with one attached hydrogen (secondary N) is 3. The lowest BCUT2D eigenvalue weighted by atomic mass is 10.5. The van der Waals surface area contributed by atoms with E-state index >= 15 is 0 Å². The summed E-state index contributed by atoms with van der Waals surface area (Å²) in [5, 5.41) is 11.9. The SMILES string of the molecule is C[C@@H]1C[C@H]1NC(=O)Nc1cn[nH]c1. The van der Waals surface area contributed by atoms with E-state index < -0.39 is 0 Å². The molecule has 2 atom stereocenters. The molecule has 5 heteroatoms. The Morgan fingerprint density at radius 1 is 1.77 bits per heavy atom. The van der Waals surface area contributed by atoms with Gasteiger partial charge in [-0.3, -0.25) is 5.10 Å². The van der Waals surface area contributed by atoms with Gasteiger partial charge in [-0.05, 0) is 12.3 Å². The Kier molecular flexibility index (Phi) is 1.92. The van der Waals surface area contributed by atoms with Gasteiger partial charge in [0.1, 0.15) is 0 Å². The molecule has 2 rings (SSSR count). The lowest BCUT2D eigenvalue weighted by Gasteiger charge is -2.03. The Labute approximate surface area is 75.9 Å². The van der Waals surface area contributed by atoms with Crippen LogP contribution in [-0.2, 0) is 0 Å². The normalized spacial score (nSPS) is 25.3. The van der Waals surface area contributed by atoms with E-state index in [9.17, 15) is 4.79 Å². The summed E-state index contributed by atoms with van der Waals surface area (Å²) in [6.07, 6.45) is 4.28. The highest BCUT2D eigenvalue weighted by atomic mass is 16.2. The van der Waals surface area contributed by atoms with Gasteiger partial charge < -0.3 is 10.6 Å². The number of urea groups is 1. The van der Waals surface area contributed by atoms with Gasteiger partial charge in [-0.1, -0.05) is 6.92 Å². The third kappa shape index (κ3) is 1.99. The van der Waals surface area contributed by atoms with Crippen molar-refractivity contribution in [3.05, 3.63) is 12.4 Å². The molecule has 0 bridgehead atoms. The number of carbonyl (C=O) groups excluding carboxylic acids is 1. The first-order valence-electron chi connectivity index (χ1n) is 4.32. The molecule has 5 nitrogen and oxygen atoms in total. The van der Waals surface area contributed by atoms with Crippen LogP contribution in [0.25, 0.3) is 0 Å². The maximum atomic E-state index is 11.2. The zero-order valence-electron chi connectivity index (χ0n) is 7.37. The van der Waals surface area contributed by atoms with E-state index in [1.165, 1.54) is 0 Å². The Morgan fingerprint density at radius 2 is 2.54 bits per heavy atom. The minimum Gasteiger partial charge on any atom is -0.335 e. The summed E-state index contributed by atoms with van der Waals surface area (Å²) >= 11 is 0. The van der Waals surface area contributed by atoms with Crippen LogP contribution >= 0.6 is 0 Å². The van der Waals surface area contributed by atoms with Gasteiger partial charge in [-0.15, -0.1) is 0 Å². The van der Waals surface area contributed by atoms with E-state index in [2.05, 4.69) is 27.8 Å². The van der Waals surface area contributed by atoms with Gasteiger partial charge in [-0.25, -0.2) is 4.79 Å². The van der Waals surface area contributed by atoms with Gasteiger partial charge in [0, 0.05) is 12.2 Å². The molecule has 70 valence electrons. The molecule has 1 saturated carbocycles. The Hall–Kier alpha value is -1.52. The molecule has 1 aromatic heterocycles. The molecular formula is C8H12N4O. The average Bonchev–Trinajstić information content (AvgIpc) is 2.61. The monoisotopic (exact) mass is 180 g/mol. The van der Waals surface area contributed by atoms with Crippen molar-refractivity contribution in [2.24, 2.45) is 5.92 Å². The number of nitrogens with zero attached hydrogens (tertiary/aromatic N) is 1. The number of anilines is 1.